The van der Waals surface area contributed by atoms with E-state index < -0.39 is 0 Å². The smallest absolute Gasteiger partial charge is 0.0933 e. The van der Waals surface area contributed by atoms with E-state index in [1.165, 1.54) is 12.8 Å². The second-order valence-electron chi connectivity index (χ2n) is 4.75. The van der Waals surface area contributed by atoms with E-state index in [9.17, 15) is 0 Å². The van der Waals surface area contributed by atoms with Crippen molar-refractivity contribution in [1.29, 1.82) is 0 Å². The van der Waals surface area contributed by atoms with Crippen molar-refractivity contribution in [2.45, 2.75) is 52.0 Å². The van der Waals surface area contributed by atoms with Gasteiger partial charge >= 0.3 is 0 Å². The number of nitrogens with two attached hydrogens (primary N) is 1. The summed E-state index contributed by atoms with van der Waals surface area (Å²) >= 11 is 5.31. The first kappa shape index (κ1) is 12.9. The van der Waals surface area contributed by atoms with Crippen LogP contribution in [0.1, 0.15) is 46.5 Å². The van der Waals surface area contributed by atoms with Crippen LogP contribution in [0.2, 0.25) is 0 Å². The van der Waals surface area contributed by atoms with Crippen LogP contribution in [0, 0.1) is 5.92 Å². The first-order chi connectivity index (χ1) is 7.06. The molecule has 0 amide bonds. The highest BCUT2D eigenvalue weighted by molar-refractivity contribution is 7.80. The molecule has 1 aliphatic rings. The lowest BCUT2D eigenvalue weighted by atomic mass is 9.76. The molecular weight excluding hydrogens is 204 g/mol. The zero-order valence-electron chi connectivity index (χ0n) is 10.3. The van der Waals surface area contributed by atoms with Crippen molar-refractivity contribution in [2.75, 3.05) is 13.1 Å². The van der Waals surface area contributed by atoms with Crippen molar-refractivity contribution in [3.05, 3.63) is 0 Å². The summed E-state index contributed by atoms with van der Waals surface area (Å²) in [5.74, 6) is 0.836. The third-order valence-corrected chi connectivity index (χ3v) is 4.31. The molecule has 0 radical (unpaired) electrons. The number of rotatable bonds is 4. The number of nitrogens with zero attached hydrogens (tertiary/aromatic N) is 1. The minimum absolute atomic E-state index is 0.0192. The summed E-state index contributed by atoms with van der Waals surface area (Å²) in [6, 6.07) is 0. The normalized spacial score (nSPS) is 31.9. The Kier molecular flexibility index (Phi) is 4.53. The van der Waals surface area contributed by atoms with Gasteiger partial charge in [-0.2, -0.15) is 0 Å². The van der Waals surface area contributed by atoms with Crippen LogP contribution >= 0.6 is 12.2 Å². The fraction of sp³-hybridized carbons (Fsp3) is 0.917. The molecule has 0 spiro atoms. The van der Waals surface area contributed by atoms with Gasteiger partial charge in [0, 0.05) is 0 Å². The predicted molar refractivity (Wildman–Crippen MR) is 70.1 cm³/mol. The van der Waals surface area contributed by atoms with Crippen molar-refractivity contribution in [3.8, 4) is 0 Å². The Morgan fingerprint density at radius 1 is 1.33 bits per heavy atom. The highest BCUT2D eigenvalue weighted by Crippen LogP contribution is 2.36. The molecule has 3 heteroatoms. The van der Waals surface area contributed by atoms with Gasteiger partial charge in [0.05, 0.1) is 10.5 Å². The van der Waals surface area contributed by atoms with Gasteiger partial charge in [0.2, 0.25) is 0 Å². The average molecular weight is 228 g/mol. The Morgan fingerprint density at radius 2 is 1.80 bits per heavy atom. The van der Waals surface area contributed by atoms with Crippen LogP contribution in [0.15, 0.2) is 0 Å². The molecule has 0 bridgehead atoms. The second kappa shape index (κ2) is 5.26. The van der Waals surface area contributed by atoms with Crippen molar-refractivity contribution < 1.29 is 0 Å². The summed E-state index contributed by atoms with van der Waals surface area (Å²) in [6.07, 6.45) is 4.80. The quantitative estimate of drug-likeness (QED) is 0.750. The summed E-state index contributed by atoms with van der Waals surface area (Å²) < 4.78 is 0. The van der Waals surface area contributed by atoms with Crippen molar-refractivity contribution in [2.24, 2.45) is 11.7 Å². The molecule has 0 aromatic rings. The molecular formula is C12H24N2S. The summed E-state index contributed by atoms with van der Waals surface area (Å²) in [5, 5.41) is 0. The maximum absolute atomic E-state index is 5.99. The molecule has 2 N–H and O–H groups in total. The first-order valence-corrected chi connectivity index (χ1v) is 6.52. The van der Waals surface area contributed by atoms with E-state index in [0.717, 1.165) is 31.8 Å². The molecule has 0 aromatic heterocycles. The second-order valence-corrected chi connectivity index (χ2v) is 5.19. The van der Waals surface area contributed by atoms with Gasteiger partial charge < -0.3 is 5.73 Å². The Bertz CT molecular complexity index is 216. The Hall–Kier alpha value is -0.150. The monoisotopic (exact) mass is 228 g/mol. The Morgan fingerprint density at radius 3 is 2.13 bits per heavy atom. The molecule has 0 heterocycles. The third kappa shape index (κ3) is 2.51. The largest absolute Gasteiger partial charge is 0.392 e. The van der Waals surface area contributed by atoms with Gasteiger partial charge in [-0.3, -0.25) is 4.90 Å². The van der Waals surface area contributed by atoms with Gasteiger partial charge in [-0.1, -0.05) is 33.0 Å². The maximum atomic E-state index is 5.99. The Balaban J connectivity index is 2.83. The van der Waals surface area contributed by atoms with Gasteiger partial charge in [0.1, 0.15) is 0 Å². The first-order valence-electron chi connectivity index (χ1n) is 6.11. The van der Waals surface area contributed by atoms with Crippen LogP contribution in [0.25, 0.3) is 0 Å². The average Bonchev–Trinajstić information content (AvgIpc) is 2.22. The van der Waals surface area contributed by atoms with E-state index in [0.29, 0.717) is 4.99 Å². The summed E-state index contributed by atoms with van der Waals surface area (Å²) in [4.78, 5) is 3.15. The van der Waals surface area contributed by atoms with Crippen molar-refractivity contribution in [1.82, 2.24) is 4.90 Å². The lowest BCUT2D eigenvalue weighted by Gasteiger charge is -2.46. The highest BCUT2D eigenvalue weighted by Gasteiger charge is 2.40. The van der Waals surface area contributed by atoms with E-state index in [1.54, 1.807) is 0 Å². The zero-order chi connectivity index (χ0) is 11.5. The maximum Gasteiger partial charge on any atom is 0.0933 e. The van der Waals surface area contributed by atoms with Crippen molar-refractivity contribution >= 4 is 17.2 Å². The van der Waals surface area contributed by atoms with E-state index >= 15 is 0 Å². The fourth-order valence-corrected chi connectivity index (χ4v) is 3.12. The number of hydrogen-bond acceptors (Lipinski definition) is 2. The lowest BCUT2D eigenvalue weighted by Crippen LogP contribution is -2.58. The molecule has 0 atom stereocenters. The van der Waals surface area contributed by atoms with Crippen LogP contribution in [0.3, 0.4) is 0 Å². The lowest BCUT2D eigenvalue weighted by molar-refractivity contribution is 0.106. The van der Waals surface area contributed by atoms with Gasteiger partial charge in [-0.15, -0.1) is 0 Å². The third-order valence-electron chi connectivity index (χ3n) is 3.93. The molecule has 88 valence electrons. The minimum atomic E-state index is 0.0192. The molecule has 1 rings (SSSR count). The molecule has 1 aliphatic carbocycles. The van der Waals surface area contributed by atoms with Crippen LogP contribution < -0.4 is 5.73 Å². The van der Waals surface area contributed by atoms with Crippen LogP contribution in [-0.2, 0) is 0 Å². The zero-order valence-corrected chi connectivity index (χ0v) is 11.1. The predicted octanol–water partition coefficient (Wildman–Crippen LogP) is 2.56. The number of hydrogen-bond donors (Lipinski definition) is 1. The van der Waals surface area contributed by atoms with Gasteiger partial charge in [0.25, 0.3) is 0 Å². The molecule has 1 fully saturated rings. The molecule has 15 heavy (non-hydrogen) atoms. The van der Waals surface area contributed by atoms with E-state index in [1.807, 2.05) is 0 Å². The number of likely N-dealkylation sites (N-methyl/N-ethyl adjacent to an activating group) is 1. The molecule has 1 saturated carbocycles. The summed E-state index contributed by atoms with van der Waals surface area (Å²) in [6.45, 7) is 8.80. The molecule has 2 nitrogen and oxygen atoms in total. The summed E-state index contributed by atoms with van der Waals surface area (Å²) in [7, 11) is 0. The minimum Gasteiger partial charge on any atom is -0.392 e. The molecule has 0 unspecified atom stereocenters. The van der Waals surface area contributed by atoms with Crippen molar-refractivity contribution in [3.63, 3.8) is 0 Å². The van der Waals surface area contributed by atoms with Gasteiger partial charge in [0.15, 0.2) is 0 Å². The van der Waals surface area contributed by atoms with Crippen LogP contribution in [-0.4, -0.2) is 28.5 Å². The van der Waals surface area contributed by atoms with E-state index in [4.69, 9.17) is 18.0 Å². The molecule has 0 saturated heterocycles. The van der Waals surface area contributed by atoms with Gasteiger partial charge in [-0.25, -0.2) is 0 Å². The van der Waals surface area contributed by atoms with E-state index in [2.05, 4.69) is 25.7 Å². The highest BCUT2D eigenvalue weighted by atomic mass is 32.1. The van der Waals surface area contributed by atoms with Gasteiger partial charge in [-0.05, 0) is 44.7 Å². The van der Waals surface area contributed by atoms with Crippen LogP contribution in [0.5, 0.6) is 0 Å². The Labute approximate surface area is 99.2 Å². The standard InChI is InChI=1S/C12H24N2S/c1-4-14(5-2)12(11(13)15)8-6-10(3)7-9-12/h10H,4-9H2,1-3H3,(H2,13,15). The fourth-order valence-electron chi connectivity index (χ4n) is 2.79. The van der Waals surface area contributed by atoms with E-state index in [-0.39, 0.29) is 5.54 Å². The van der Waals surface area contributed by atoms with Crippen LogP contribution in [0.4, 0.5) is 0 Å². The molecule has 0 aliphatic heterocycles. The SMILES string of the molecule is CCN(CC)C1(C(N)=S)CCC(C)CC1. The number of thiocarbonyl (C=S) groups is 1. The molecule has 0 aromatic carbocycles. The topological polar surface area (TPSA) is 29.3 Å². The summed E-state index contributed by atoms with van der Waals surface area (Å²) in [5.41, 5.74) is 6.01.